The van der Waals surface area contributed by atoms with Gasteiger partial charge in [0.2, 0.25) is 0 Å². The number of amides is 2. The largest absolute Gasteiger partial charge is 0.458 e. The number of aromatic nitrogens is 2. The normalized spacial score (nSPS) is 19.8. The predicted molar refractivity (Wildman–Crippen MR) is 146 cm³/mol. The summed E-state index contributed by atoms with van der Waals surface area (Å²) in [5.74, 6) is -1.26. The molecule has 2 aromatic heterocycles. The van der Waals surface area contributed by atoms with Crippen molar-refractivity contribution in [2.75, 3.05) is 51.4 Å². The van der Waals surface area contributed by atoms with Gasteiger partial charge in [-0.05, 0) is 39.3 Å². The van der Waals surface area contributed by atoms with Crippen molar-refractivity contribution in [1.82, 2.24) is 20.2 Å². The number of hydrogen-bond donors (Lipinski definition) is 2. The first kappa shape index (κ1) is 29.1. The fraction of sp³-hybridized carbons (Fsp3) is 0.538. The number of methoxy groups -OCH3 is 1. The lowest BCUT2D eigenvalue weighted by atomic mass is 10.0. The lowest BCUT2D eigenvalue weighted by Crippen LogP contribution is -2.55. The van der Waals surface area contributed by atoms with Crippen LogP contribution in [0.3, 0.4) is 0 Å². The summed E-state index contributed by atoms with van der Waals surface area (Å²) in [5.41, 5.74) is 1.65. The molecule has 2 unspecified atom stereocenters. The molecule has 2 fully saturated rings. The van der Waals surface area contributed by atoms with Crippen molar-refractivity contribution in [3.8, 4) is 0 Å². The molecule has 0 radical (unpaired) electrons. The van der Waals surface area contributed by atoms with Gasteiger partial charge in [0.15, 0.2) is 5.69 Å². The zero-order chi connectivity index (χ0) is 28.3. The Morgan fingerprint density at radius 2 is 1.82 bits per heavy atom. The van der Waals surface area contributed by atoms with Crippen molar-refractivity contribution in [2.45, 2.75) is 45.4 Å². The third kappa shape index (κ3) is 6.66. The number of carbonyl (C=O) groups excluding carboxylic acids is 3. The molecule has 39 heavy (non-hydrogen) atoms. The Kier molecular flexibility index (Phi) is 9.37. The number of nitrogens with one attached hydrogen (secondary N) is 2. The number of H-pyrrole nitrogens is 1. The van der Waals surface area contributed by atoms with Crippen molar-refractivity contribution in [3.63, 3.8) is 0 Å². The highest BCUT2D eigenvalue weighted by Crippen LogP contribution is 2.30. The van der Waals surface area contributed by atoms with Crippen molar-refractivity contribution < 1.29 is 28.6 Å². The van der Waals surface area contributed by atoms with Crippen LogP contribution in [0.15, 0.2) is 12.1 Å². The topological polar surface area (TPSA) is 126 Å². The van der Waals surface area contributed by atoms with Gasteiger partial charge in [-0.25, -0.2) is 9.78 Å². The van der Waals surface area contributed by atoms with Gasteiger partial charge in [-0.3, -0.25) is 9.59 Å². The van der Waals surface area contributed by atoms with Crippen LogP contribution < -0.4 is 10.2 Å². The van der Waals surface area contributed by atoms with Gasteiger partial charge in [-0.15, -0.1) is 0 Å². The van der Waals surface area contributed by atoms with Gasteiger partial charge in [0.05, 0.1) is 41.5 Å². The molecule has 4 rings (SSSR count). The molecule has 0 aliphatic carbocycles. The highest BCUT2D eigenvalue weighted by atomic mass is 35.5. The number of aromatic amines is 1. The minimum Gasteiger partial charge on any atom is -0.458 e. The smallest absolute Gasteiger partial charge is 0.357 e. The summed E-state index contributed by atoms with van der Waals surface area (Å²) in [6, 6.07) is 2.99. The van der Waals surface area contributed by atoms with E-state index < -0.39 is 5.97 Å². The standard InChI is InChI=1S/C26H33Cl2N5O6/c1-14(2)39-26(36)19-12-16(11-18(30-19)25(35)32-7-9-38-10-8-32)33-6-5-17(20(13-33)37-4)31-24(34)23-22(28)21(27)15(3)29-23/h11-12,14,17,20,29H,5-10,13H2,1-4H3,(H,31,34). The predicted octanol–water partition coefficient (Wildman–Crippen LogP) is 3.09. The van der Waals surface area contributed by atoms with E-state index in [0.29, 0.717) is 62.2 Å². The van der Waals surface area contributed by atoms with Gasteiger partial charge in [0.1, 0.15) is 11.4 Å². The molecule has 0 saturated carbocycles. The van der Waals surface area contributed by atoms with E-state index in [2.05, 4.69) is 15.3 Å². The fourth-order valence-corrected chi connectivity index (χ4v) is 5.06. The van der Waals surface area contributed by atoms with Crippen LogP contribution >= 0.6 is 23.2 Å². The van der Waals surface area contributed by atoms with Crippen molar-refractivity contribution in [2.24, 2.45) is 0 Å². The molecule has 2 atom stereocenters. The van der Waals surface area contributed by atoms with Gasteiger partial charge in [-0.2, -0.15) is 0 Å². The number of anilines is 1. The van der Waals surface area contributed by atoms with Crippen LogP contribution in [0.5, 0.6) is 0 Å². The zero-order valence-corrected chi connectivity index (χ0v) is 23.9. The summed E-state index contributed by atoms with van der Waals surface area (Å²) < 4.78 is 16.5. The number of nitrogens with zero attached hydrogens (tertiary/aromatic N) is 3. The lowest BCUT2D eigenvalue weighted by Gasteiger charge is -2.39. The maximum atomic E-state index is 13.3. The van der Waals surface area contributed by atoms with Crippen LogP contribution in [-0.4, -0.2) is 97.4 Å². The van der Waals surface area contributed by atoms with Gasteiger partial charge < -0.3 is 34.3 Å². The fourth-order valence-electron chi connectivity index (χ4n) is 4.64. The Bertz CT molecular complexity index is 1230. The second-order valence-electron chi connectivity index (χ2n) is 9.80. The highest BCUT2D eigenvalue weighted by Gasteiger charge is 2.33. The molecule has 212 valence electrons. The van der Waals surface area contributed by atoms with E-state index in [1.165, 1.54) is 0 Å². The number of morpholine rings is 1. The van der Waals surface area contributed by atoms with Gasteiger partial charge >= 0.3 is 5.97 Å². The van der Waals surface area contributed by atoms with Crippen LogP contribution in [0.2, 0.25) is 10.0 Å². The van der Waals surface area contributed by atoms with E-state index in [-0.39, 0.29) is 52.2 Å². The Morgan fingerprint density at radius 1 is 1.13 bits per heavy atom. The summed E-state index contributed by atoms with van der Waals surface area (Å²) in [7, 11) is 1.57. The maximum Gasteiger partial charge on any atom is 0.357 e. The number of rotatable bonds is 7. The van der Waals surface area contributed by atoms with Crippen LogP contribution in [0.25, 0.3) is 0 Å². The first-order valence-corrected chi connectivity index (χ1v) is 13.6. The first-order valence-electron chi connectivity index (χ1n) is 12.8. The summed E-state index contributed by atoms with van der Waals surface area (Å²) >= 11 is 12.4. The van der Waals surface area contributed by atoms with Crippen LogP contribution in [0, 0.1) is 6.92 Å². The lowest BCUT2D eigenvalue weighted by molar-refractivity contribution is 0.0297. The molecular formula is C26H33Cl2N5O6. The third-order valence-corrected chi connectivity index (χ3v) is 7.65. The molecule has 2 amide bonds. The zero-order valence-electron chi connectivity index (χ0n) is 22.4. The molecule has 0 aromatic carbocycles. The van der Waals surface area contributed by atoms with Gasteiger partial charge in [-0.1, -0.05) is 23.2 Å². The highest BCUT2D eigenvalue weighted by molar-refractivity contribution is 6.44. The summed E-state index contributed by atoms with van der Waals surface area (Å²) in [4.78, 5) is 49.9. The third-order valence-electron chi connectivity index (χ3n) is 6.70. The monoisotopic (exact) mass is 581 g/mol. The van der Waals surface area contributed by atoms with Crippen LogP contribution in [0.4, 0.5) is 5.69 Å². The van der Waals surface area contributed by atoms with Crippen molar-refractivity contribution in [3.05, 3.63) is 45.0 Å². The average molecular weight is 582 g/mol. The van der Waals surface area contributed by atoms with Gasteiger partial charge in [0, 0.05) is 44.7 Å². The number of carbonyl (C=O) groups is 3. The first-order chi connectivity index (χ1) is 18.6. The van der Waals surface area contributed by atoms with Crippen molar-refractivity contribution in [1.29, 1.82) is 0 Å². The number of hydrogen-bond acceptors (Lipinski definition) is 8. The number of halogens is 2. The second-order valence-corrected chi connectivity index (χ2v) is 10.6. The number of pyridine rings is 1. The molecule has 11 nitrogen and oxygen atoms in total. The minimum absolute atomic E-state index is 0.0517. The van der Waals surface area contributed by atoms with Crippen LogP contribution in [0.1, 0.15) is 57.4 Å². The number of esters is 1. The number of piperidine rings is 1. The average Bonchev–Trinajstić information content (AvgIpc) is 3.19. The minimum atomic E-state index is -0.606. The van der Waals surface area contributed by atoms with E-state index in [0.717, 1.165) is 0 Å². The SMILES string of the molecule is COC1CN(c2cc(C(=O)OC(C)C)nc(C(=O)N3CCOCC3)c2)CCC1NC(=O)c1[nH]c(C)c(Cl)c1Cl. The number of ether oxygens (including phenoxy) is 3. The molecule has 2 aromatic rings. The molecule has 4 heterocycles. The molecule has 2 aliphatic heterocycles. The Morgan fingerprint density at radius 3 is 2.44 bits per heavy atom. The summed E-state index contributed by atoms with van der Waals surface area (Å²) in [6.07, 6.45) is -0.188. The summed E-state index contributed by atoms with van der Waals surface area (Å²) in [6.45, 7) is 7.94. The second kappa shape index (κ2) is 12.5. The molecule has 13 heteroatoms. The maximum absolute atomic E-state index is 13.3. The van der Waals surface area contributed by atoms with E-state index in [1.807, 2.05) is 4.90 Å². The quantitative estimate of drug-likeness (QED) is 0.478. The Hall–Kier alpha value is -2.86. The van der Waals surface area contributed by atoms with E-state index in [9.17, 15) is 14.4 Å². The van der Waals surface area contributed by atoms with E-state index in [1.54, 1.807) is 44.9 Å². The van der Waals surface area contributed by atoms with Crippen molar-refractivity contribution >= 4 is 46.7 Å². The van der Waals surface area contributed by atoms with E-state index >= 15 is 0 Å². The van der Waals surface area contributed by atoms with E-state index in [4.69, 9.17) is 37.4 Å². The molecule has 0 spiro atoms. The molecule has 2 aliphatic rings. The molecular weight excluding hydrogens is 549 g/mol. The Labute approximate surface area is 237 Å². The molecule has 2 saturated heterocycles. The number of aryl methyl sites for hydroxylation is 1. The Balaban J connectivity index is 1.55. The molecule has 0 bridgehead atoms. The van der Waals surface area contributed by atoms with Gasteiger partial charge in [0.25, 0.3) is 11.8 Å². The molecule has 2 N–H and O–H groups in total. The van der Waals surface area contributed by atoms with Crippen LogP contribution in [-0.2, 0) is 14.2 Å². The summed E-state index contributed by atoms with van der Waals surface area (Å²) in [5, 5.41) is 3.48.